The molecule has 3 atom stereocenters. The highest BCUT2D eigenvalue weighted by atomic mass is 35.5. The van der Waals surface area contributed by atoms with E-state index in [9.17, 15) is 0 Å². The summed E-state index contributed by atoms with van der Waals surface area (Å²) < 4.78 is 0. The van der Waals surface area contributed by atoms with Crippen molar-refractivity contribution >= 4 is 23.4 Å². The van der Waals surface area contributed by atoms with Gasteiger partial charge < -0.3 is 5.32 Å². The van der Waals surface area contributed by atoms with Crippen LogP contribution in [0.1, 0.15) is 31.7 Å². The second-order valence-electron chi connectivity index (χ2n) is 5.25. The third-order valence-electron chi connectivity index (χ3n) is 3.84. The van der Waals surface area contributed by atoms with Crippen molar-refractivity contribution in [1.29, 1.82) is 0 Å². The van der Waals surface area contributed by atoms with Crippen LogP contribution in [0.5, 0.6) is 0 Å². The van der Waals surface area contributed by atoms with E-state index in [1.165, 1.54) is 24.8 Å². The van der Waals surface area contributed by atoms with E-state index in [2.05, 4.69) is 43.2 Å². The number of thioether (sulfide) groups is 1. The molecule has 1 N–H and O–H groups in total. The standard InChI is InChI=1S/C15H22ClNS/c1-11-7-8-14(17-2)15(9-11)18-10-12-5-3-4-6-13(12)16/h3-6,11,14-15,17H,7-10H2,1-2H3. The Balaban J connectivity index is 1.93. The molecule has 18 heavy (non-hydrogen) atoms. The van der Waals surface area contributed by atoms with Crippen LogP contribution in [-0.4, -0.2) is 18.3 Å². The van der Waals surface area contributed by atoms with Crippen molar-refractivity contribution < 1.29 is 0 Å². The van der Waals surface area contributed by atoms with E-state index in [1.807, 2.05) is 12.1 Å². The lowest BCUT2D eigenvalue weighted by Gasteiger charge is -2.34. The van der Waals surface area contributed by atoms with Gasteiger partial charge in [0.1, 0.15) is 0 Å². The van der Waals surface area contributed by atoms with Crippen molar-refractivity contribution in [1.82, 2.24) is 5.32 Å². The quantitative estimate of drug-likeness (QED) is 0.882. The minimum atomic E-state index is 0.661. The lowest BCUT2D eigenvalue weighted by molar-refractivity contribution is 0.329. The Morgan fingerprint density at radius 3 is 2.83 bits per heavy atom. The van der Waals surface area contributed by atoms with Gasteiger partial charge in [0.15, 0.2) is 0 Å². The summed E-state index contributed by atoms with van der Waals surface area (Å²) in [6.45, 7) is 2.37. The second kappa shape index (κ2) is 6.83. The Bertz CT molecular complexity index is 383. The maximum absolute atomic E-state index is 6.21. The summed E-state index contributed by atoms with van der Waals surface area (Å²) >= 11 is 8.27. The van der Waals surface area contributed by atoms with Gasteiger partial charge >= 0.3 is 0 Å². The van der Waals surface area contributed by atoms with E-state index in [0.29, 0.717) is 6.04 Å². The van der Waals surface area contributed by atoms with Gasteiger partial charge in [-0.05, 0) is 43.9 Å². The van der Waals surface area contributed by atoms with Crippen molar-refractivity contribution in [2.24, 2.45) is 5.92 Å². The molecule has 3 heteroatoms. The summed E-state index contributed by atoms with van der Waals surface area (Å²) in [5.41, 5.74) is 1.26. The van der Waals surface area contributed by atoms with Crippen LogP contribution >= 0.6 is 23.4 Å². The fraction of sp³-hybridized carbons (Fsp3) is 0.600. The predicted octanol–water partition coefficient (Wildman–Crippen LogP) is 4.35. The van der Waals surface area contributed by atoms with Crippen LogP contribution in [0.2, 0.25) is 5.02 Å². The number of hydrogen-bond donors (Lipinski definition) is 1. The third kappa shape index (κ3) is 3.66. The number of hydrogen-bond acceptors (Lipinski definition) is 2. The molecule has 1 saturated carbocycles. The Kier molecular flexibility index (Phi) is 5.40. The molecule has 0 bridgehead atoms. The molecule has 0 amide bonds. The Morgan fingerprint density at radius 2 is 2.11 bits per heavy atom. The van der Waals surface area contributed by atoms with E-state index in [0.717, 1.165) is 21.9 Å². The van der Waals surface area contributed by atoms with Crippen molar-refractivity contribution in [3.05, 3.63) is 34.9 Å². The first-order chi connectivity index (χ1) is 8.70. The SMILES string of the molecule is CNC1CCC(C)CC1SCc1ccccc1Cl. The van der Waals surface area contributed by atoms with Gasteiger partial charge in [0.25, 0.3) is 0 Å². The molecule has 3 unspecified atom stereocenters. The maximum Gasteiger partial charge on any atom is 0.0446 e. The number of benzene rings is 1. The molecule has 0 saturated heterocycles. The van der Waals surface area contributed by atoms with Crippen LogP contribution in [0.15, 0.2) is 24.3 Å². The highest BCUT2D eigenvalue weighted by molar-refractivity contribution is 7.99. The van der Waals surface area contributed by atoms with Gasteiger partial charge in [-0.3, -0.25) is 0 Å². The highest BCUT2D eigenvalue weighted by Gasteiger charge is 2.27. The van der Waals surface area contributed by atoms with E-state index >= 15 is 0 Å². The zero-order valence-electron chi connectivity index (χ0n) is 11.2. The van der Waals surface area contributed by atoms with Gasteiger partial charge in [0.05, 0.1) is 0 Å². The molecule has 1 nitrogen and oxygen atoms in total. The van der Waals surface area contributed by atoms with Gasteiger partial charge in [0.2, 0.25) is 0 Å². The molecule has 0 aliphatic heterocycles. The van der Waals surface area contributed by atoms with E-state index in [-0.39, 0.29) is 0 Å². The third-order valence-corrected chi connectivity index (χ3v) is 5.63. The summed E-state index contributed by atoms with van der Waals surface area (Å²) in [5, 5.41) is 5.09. The van der Waals surface area contributed by atoms with Gasteiger partial charge in [-0.15, -0.1) is 0 Å². The topological polar surface area (TPSA) is 12.0 Å². The number of halogens is 1. The lowest BCUT2D eigenvalue weighted by Crippen LogP contribution is -2.40. The van der Waals surface area contributed by atoms with Crippen molar-refractivity contribution in [3.63, 3.8) is 0 Å². The van der Waals surface area contributed by atoms with Gasteiger partial charge in [-0.1, -0.05) is 36.7 Å². The normalized spacial score (nSPS) is 28.3. The van der Waals surface area contributed by atoms with Crippen molar-refractivity contribution in [2.75, 3.05) is 7.05 Å². The minimum Gasteiger partial charge on any atom is -0.316 e. The van der Waals surface area contributed by atoms with E-state index in [4.69, 9.17) is 11.6 Å². The Labute approximate surface area is 120 Å². The number of nitrogens with one attached hydrogen (secondary N) is 1. The van der Waals surface area contributed by atoms with Gasteiger partial charge in [0, 0.05) is 22.1 Å². The Hall–Kier alpha value is -0.180. The van der Waals surface area contributed by atoms with E-state index < -0.39 is 0 Å². The van der Waals surface area contributed by atoms with Crippen LogP contribution in [0.4, 0.5) is 0 Å². The monoisotopic (exact) mass is 283 g/mol. The van der Waals surface area contributed by atoms with Crippen LogP contribution in [0, 0.1) is 5.92 Å². The van der Waals surface area contributed by atoms with E-state index in [1.54, 1.807) is 0 Å². The molecular weight excluding hydrogens is 262 g/mol. The molecule has 1 aromatic carbocycles. The molecule has 1 fully saturated rings. The first-order valence-corrected chi connectivity index (χ1v) is 8.15. The van der Waals surface area contributed by atoms with Gasteiger partial charge in [-0.25, -0.2) is 0 Å². The molecule has 0 spiro atoms. The summed E-state index contributed by atoms with van der Waals surface area (Å²) in [7, 11) is 2.09. The molecule has 100 valence electrons. The molecule has 0 heterocycles. The van der Waals surface area contributed by atoms with Crippen molar-refractivity contribution in [2.45, 2.75) is 43.2 Å². The van der Waals surface area contributed by atoms with Crippen LogP contribution < -0.4 is 5.32 Å². The second-order valence-corrected chi connectivity index (χ2v) is 6.89. The van der Waals surface area contributed by atoms with Crippen molar-refractivity contribution in [3.8, 4) is 0 Å². The minimum absolute atomic E-state index is 0.661. The zero-order valence-corrected chi connectivity index (χ0v) is 12.7. The summed E-state index contributed by atoms with van der Waals surface area (Å²) in [6, 6.07) is 8.84. The van der Waals surface area contributed by atoms with Gasteiger partial charge in [-0.2, -0.15) is 11.8 Å². The molecule has 0 radical (unpaired) electrons. The maximum atomic E-state index is 6.21. The zero-order chi connectivity index (χ0) is 13.0. The average Bonchev–Trinajstić information content (AvgIpc) is 2.38. The van der Waals surface area contributed by atoms with Crippen LogP contribution in [0.25, 0.3) is 0 Å². The largest absolute Gasteiger partial charge is 0.316 e. The van der Waals surface area contributed by atoms with Crippen LogP contribution in [0.3, 0.4) is 0 Å². The molecule has 1 aliphatic carbocycles. The fourth-order valence-corrected chi connectivity index (χ4v) is 4.55. The average molecular weight is 284 g/mol. The molecule has 0 aromatic heterocycles. The highest BCUT2D eigenvalue weighted by Crippen LogP contribution is 2.34. The molecule has 1 aliphatic rings. The Morgan fingerprint density at radius 1 is 1.33 bits per heavy atom. The summed E-state index contributed by atoms with van der Waals surface area (Å²) in [5.74, 6) is 1.88. The number of rotatable bonds is 4. The predicted molar refractivity (Wildman–Crippen MR) is 82.4 cm³/mol. The molecular formula is C15H22ClNS. The summed E-state index contributed by atoms with van der Waals surface area (Å²) in [4.78, 5) is 0. The fourth-order valence-electron chi connectivity index (χ4n) is 2.66. The lowest BCUT2D eigenvalue weighted by atomic mass is 9.87. The van der Waals surface area contributed by atoms with Crippen LogP contribution in [-0.2, 0) is 5.75 Å². The molecule has 1 aromatic rings. The molecule has 2 rings (SSSR count). The smallest absolute Gasteiger partial charge is 0.0446 e. The summed E-state index contributed by atoms with van der Waals surface area (Å²) in [6.07, 6.45) is 3.98. The first-order valence-electron chi connectivity index (χ1n) is 6.73. The first kappa shape index (κ1) is 14.2.